The van der Waals surface area contributed by atoms with E-state index < -0.39 is 8.32 Å². The van der Waals surface area contributed by atoms with Gasteiger partial charge in [0.25, 0.3) is 0 Å². The Kier molecular flexibility index (Phi) is 9.14. The molecule has 1 atom stereocenters. The molecule has 0 spiro atoms. The Hall–Kier alpha value is -0.943. The van der Waals surface area contributed by atoms with E-state index >= 15 is 0 Å². The molecule has 0 aromatic heterocycles. The van der Waals surface area contributed by atoms with E-state index in [0.717, 1.165) is 31.7 Å². The normalized spacial score (nSPS) is 21.2. The largest absolute Gasteiger partial charge is 0.414 e. The number of piperidine rings is 1. The van der Waals surface area contributed by atoms with Crippen molar-refractivity contribution < 1.29 is 14.0 Å². The molecule has 1 saturated carbocycles. The third-order valence-corrected chi connectivity index (χ3v) is 13.1. The number of nitrogens with zero attached hydrogens (tertiary/aromatic N) is 1. The molecule has 1 amide bonds. The van der Waals surface area contributed by atoms with Gasteiger partial charge in [-0.05, 0) is 47.9 Å². The lowest BCUT2D eigenvalue weighted by Gasteiger charge is -2.43. The van der Waals surface area contributed by atoms with Crippen LogP contribution in [-0.4, -0.2) is 44.6 Å². The van der Waals surface area contributed by atoms with Crippen LogP contribution in [0.1, 0.15) is 80.1 Å². The Balaban J connectivity index is 1.86. The third kappa shape index (κ3) is 6.52. The molecule has 1 aliphatic heterocycles. The number of amides is 1. The van der Waals surface area contributed by atoms with Gasteiger partial charge in [-0.15, -0.1) is 0 Å². The SMILES string of the molecule is CC(C)[Si](OCCN1CCC[C@H](/C=C/C(=O)CCC2CC2)C1=O)(C(C)C)C(C)C. The maximum Gasteiger partial charge on any atom is 0.229 e. The average molecular weight is 422 g/mol. The number of allylic oxidation sites excluding steroid dienone is 1. The van der Waals surface area contributed by atoms with Crippen LogP contribution >= 0.6 is 0 Å². The van der Waals surface area contributed by atoms with Crippen molar-refractivity contribution in [2.24, 2.45) is 11.8 Å². The highest BCUT2D eigenvalue weighted by molar-refractivity contribution is 6.77. The van der Waals surface area contributed by atoms with Crippen LogP contribution in [0.4, 0.5) is 0 Å². The number of hydrogen-bond acceptors (Lipinski definition) is 3. The first-order valence-corrected chi connectivity index (χ1v) is 14.0. The Morgan fingerprint density at radius 2 is 1.72 bits per heavy atom. The van der Waals surface area contributed by atoms with Gasteiger partial charge < -0.3 is 9.33 Å². The second-order valence-corrected chi connectivity index (χ2v) is 15.5. The summed E-state index contributed by atoms with van der Waals surface area (Å²) in [6.45, 7) is 15.8. The molecule has 29 heavy (non-hydrogen) atoms. The molecule has 1 heterocycles. The van der Waals surface area contributed by atoms with Gasteiger partial charge in [0.15, 0.2) is 14.1 Å². The smallest absolute Gasteiger partial charge is 0.229 e. The lowest BCUT2D eigenvalue weighted by Crippen LogP contribution is -2.50. The number of likely N-dealkylation sites (tertiary alicyclic amines) is 1. The lowest BCUT2D eigenvalue weighted by molar-refractivity contribution is -0.137. The summed E-state index contributed by atoms with van der Waals surface area (Å²) in [6, 6.07) is 0. The number of ketones is 1. The highest BCUT2D eigenvalue weighted by atomic mass is 28.4. The molecule has 0 unspecified atom stereocenters. The fourth-order valence-electron chi connectivity index (χ4n) is 5.26. The van der Waals surface area contributed by atoms with Gasteiger partial charge in [-0.3, -0.25) is 9.59 Å². The van der Waals surface area contributed by atoms with E-state index in [9.17, 15) is 9.59 Å². The second kappa shape index (κ2) is 10.9. The third-order valence-electron chi connectivity index (χ3n) is 7.00. The maximum atomic E-state index is 12.9. The highest BCUT2D eigenvalue weighted by Crippen LogP contribution is 2.42. The Morgan fingerprint density at radius 1 is 1.10 bits per heavy atom. The molecular weight excluding hydrogens is 378 g/mol. The molecule has 0 N–H and O–H groups in total. The highest BCUT2D eigenvalue weighted by Gasteiger charge is 2.45. The van der Waals surface area contributed by atoms with Gasteiger partial charge in [-0.1, -0.05) is 60.5 Å². The molecule has 1 saturated heterocycles. The fraction of sp³-hybridized carbons (Fsp3) is 0.833. The first-order valence-electron chi connectivity index (χ1n) is 11.8. The minimum Gasteiger partial charge on any atom is -0.414 e. The van der Waals surface area contributed by atoms with Crippen LogP contribution in [-0.2, 0) is 14.0 Å². The van der Waals surface area contributed by atoms with E-state index in [1.54, 1.807) is 6.08 Å². The molecule has 2 fully saturated rings. The quantitative estimate of drug-likeness (QED) is 0.298. The van der Waals surface area contributed by atoms with Gasteiger partial charge in [-0.2, -0.15) is 0 Å². The van der Waals surface area contributed by atoms with Gasteiger partial charge in [0.05, 0.1) is 12.5 Å². The molecular formula is C24H43NO3Si. The predicted octanol–water partition coefficient (Wildman–Crippen LogP) is 5.73. The van der Waals surface area contributed by atoms with Crippen LogP contribution < -0.4 is 0 Å². The predicted molar refractivity (Wildman–Crippen MR) is 122 cm³/mol. The van der Waals surface area contributed by atoms with Gasteiger partial charge in [0, 0.05) is 19.5 Å². The molecule has 0 bridgehead atoms. The zero-order chi connectivity index (χ0) is 21.6. The summed E-state index contributed by atoms with van der Waals surface area (Å²) in [5.41, 5.74) is 1.66. The summed E-state index contributed by atoms with van der Waals surface area (Å²) in [5.74, 6) is 0.969. The van der Waals surface area contributed by atoms with E-state index in [-0.39, 0.29) is 17.6 Å². The van der Waals surface area contributed by atoms with Crippen molar-refractivity contribution in [1.82, 2.24) is 4.90 Å². The lowest BCUT2D eigenvalue weighted by atomic mass is 9.96. The van der Waals surface area contributed by atoms with E-state index in [4.69, 9.17) is 4.43 Å². The summed E-state index contributed by atoms with van der Waals surface area (Å²) in [7, 11) is -1.89. The molecule has 4 nitrogen and oxygen atoms in total. The topological polar surface area (TPSA) is 46.6 Å². The molecule has 2 rings (SSSR count). The first kappa shape index (κ1) is 24.3. The van der Waals surface area contributed by atoms with Crippen LogP contribution in [0.15, 0.2) is 12.2 Å². The monoisotopic (exact) mass is 421 g/mol. The maximum absolute atomic E-state index is 12.9. The van der Waals surface area contributed by atoms with Crippen molar-refractivity contribution in [3.8, 4) is 0 Å². The fourth-order valence-corrected chi connectivity index (χ4v) is 10.7. The Labute approximate surface area is 179 Å². The molecule has 1 aliphatic carbocycles. The number of carbonyl (C=O) groups excluding carboxylic acids is 2. The van der Waals surface area contributed by atoms with Crippen molar-refractivity contribution >= 4 is 20.0 Å². The summed E-state index contributed by atoms with van der Waals surface area (Å²) in [5, 5.41) is 0. The Morgan fingerprint density at radius 3 is 2.28 bits per heavy atom. The Bertz CT molecular complexity index is 559. The summed E-state index contributed by atoms with van der Waals surface area (Å²) in [4.78, 5) is 26.9. The number of carbonyl (C=O) groups is 2. The van der Waals surface area contributed by atoms with Crippen molar-refractivity contribution in [2.75, 3.05) is 19.7 Å². The second-order valence-electron chi connectivity index (χ2n) is 10.0. The van der Waals surface area contributed by atoms with Gasteiger partial charge in [0.2, 0.25) is 5.91 Å². The number of rotatable bonds is 12. The van der Waals surface area contributed by atoms with E-state index in [0.29, 0.717) is 36.2 Å². The van der Waals surface area contributed by atoms with Crippen LogP contribution in [0.3, 0.4) is 0 Å². The van der Waals surface area contributed by atoms with E-state index in [1.165, 1.54) is 12.8 Å². The minimum atomic E-state index is -1.89. The molecule has 0 radical (unpaired) electrons. The van der Waals surface area contributed by atoms with Crippen LogP contribution in [0.2, 0.25) is 16.6 Å². The molecule has 0 aromatic rings. The van der Waals surface area contributed by atoms with Gasteiger partial charge in [0.1, 0.15) is 0 Å². The van der Waals surface area contributed by atoms with E-state index in [2.05, 4.69) is 41.5 Å². The van der Waals surface area contributed by atoms with Gasteiger partial charge >= 0.3 is 0 Å². The summed E-state index contributed by atoms with van der Waals surface area (Å²) < 4.78 is 6.63. The molecule has 2 aliphatic rings. The average Bonchev–Trinajstić information content (AvgIpc) is 3.47. The summed E-state index contributed by atoms with van der Waals surface area (Å²) in [6.07, 6.45) is 9.58. The minimum absolute atomic E-state index is 0.143. The first-order chi connectivity index (χ1) is 13.7. The molecule has 5 heteroatoms. The van der Waals surface area contributed by atoms with Crippen LogP contribution in [0.5, 0.6) is 0 Å². The van der Waals surface area contributed by atoms with Crippen molar-refractivity contribution in [3.05, 3.63) is 12.2 Å². The zero-order valence-corrected chi connectivity index (χ0v) is 20.6. The van der Waals surface area contributed by atoms with Crippen molar-refractivity contribution in [2.45, 2.75) is 96.7 Å². The van der Waals surface area contributed by atoms with Crippen LogP contribution in [0.25, 0.3) is 0 Å². The molecule has 0 aromatic carbocycles. The van der Waals surface area contributed by atoms with Gasteiger partial charge in [-0.25, -0.2) is 0 Å². The van der Waals surface area contributed by atoms with E-state index in [1.807, 2.05) is 11.0 Å². The zero-order valence-electron chi connectivity index (χ0n) is 19.6. The standard InChI is InChI=1S/C24H43NO3Si/c1-18(2)29(19(3)4,20(5)6)28-17-16-25-15-7-8-22(24(25)27)12-14-23(26)13-11-21-9-10-21/h12,14,18-22H,7-11,13,15-17H2,1-6H3/b14-12+/t22-/m1/s1. The number of hydrogen-bond donors (Lipinski definition) is 0. The summed E-state index contributed by atoms with van der Waals surface area (Å²) >= 11 is 0. The van der Waals surface area contributed by atoms with Crippen LogP contribution in [0, 0.1) is 11.8 Å². The van der Waals surface area contributed by atoms with Crippen molar-refractivity contribution in [1.29, 1.82) is 0 Å². The molecule has 166 valence electrons. The van der Waals surface area contributed by atoms with Crippen molar-refractivity contribution in [3.63, 3.8) is 0 Å².